The second-order valence-electron chi connectivity index (χ2n) is 6.11. The minimum atomic E-state index is 0. The van der Waals surface area contributed by atoms with Crippen molar-refractivity contribution >= 4 is 29.9 Å². The van der Waals surface area contributed by atoms with Crippen LogP contribution in [0.2, 0.25) is 0 Å². The lowest BCUT2D eigenvalue weighted by atomic mass is 10.0. The van der Waals surface area contributed by atoms with Crippen molar-refractivity contribution in [1.82, 2.24) is 10.6 Å². The molecule has 0 aliphatic heterocycles. The summed E-state index contributed by atoms with van der Waals surface area (Å²) >= 11 is 0. The van der Waals surface area contributed by atoms with E-state index >= 15 is 0 Å². The molecular formula is C21H30IN3O. The zero-order chi connectivity index (χ0) is 17.9. The highest BCUT2D eigenvalue weighted by atomic mass is 127. The summed E-state index contributed by atoms with van der Waals surface area (Å²) in [4.78, 5) is 4.30. The lowest BCUT2D eigenvalue weighted by Crippen LogP contribution is -2.39. The standard InChI is InChI=1S/C21H29N3O.HI/c1-17(19-13-7-8-14-20(19)25-3)16-24-21(22-2)23-15-9-12-18-10-5-4-6-11-18;/h4-8,10-11,13-14,17H,9,12,15-16H2,1-3H3,(H2,22,23,24);1H. The SMILES string of the molecule is CN=C(NCCCc1ccccc1)NCC(C)c1ccccc1OC.I. The predicted octanol–water partition coefficient (Wildman–Crippen LogP) is 4.21. The van der Waals surface area contributed by atoms with Crippen molar-refractivity contribution in [3.05, 3.63) is 65.7 Å². The Bertz CT molecular complexity index is 661. The molecule has 4 nitrogen and oxygen atoms in total. The molecule has 1 atom stereocenters. The molecule has 142 valence electrons. The number of para-hydroxylation sites is 1. The van der Waals surface area contributed by atoms with Crippen LogP contribution in [0.25, 0.3) is 0 Å². The highest BCUT2D eigenvalue weighted by Crippen LogP contribution is 2.25. The normalized spacial score (nSPS) is 12.0. The first-order chi connectivity index (χ1) is 12.2. The van der Waals surface area contributed by atoms with Gasteiger partial charge in [-0.25, -0.2) is 0 Å². The molecule has 0 spiro atoms. The fourth-order valence-corrected chi connectivity index (χ4v) is 2.80. The zero-order valence-corrected chi connectivity index (χ0v) is 18.2. The van der Waals surface area contributed by atoms with E-state index in [1.165, 1.54) is 11.1 Å². The van der Waals surface area contributed by atoms with E-state index in [2.05, 4.69) is 58.9 Å². The van der Waals surface area contributed by atoms with Crippen molar-refractivity contribution in [3.63, 3.8) is 0 Å². The zero-order valence-electron chi connectivity index (χ0n) is 15.9. The Balaban J connectivity index is 0.00000338. The molecule has 2 rings (SSSR count). The molecule has 0 aliphatic rings. The number of nitrogens with one attached hydrogen (secondary N) is 2. The van der Waals surface area contributed by atoms with Crippen LogP contribution in [0.4, 0.5) is 0 Å². The number of aliphatic imine (C=N–C) groups is 1. The molecule has 5 heteroatoms. The molecule has 0 aliphatic carbocycles. The van der Waals surface area contributed by atoms with Crippen molar-refractivity contribution in [3.8, 4) is 5.75 Å². The van der Waals surface area contributed by atoms with E-state index < -0.39 is 0 Å². The number of aryl methyl sites for hydroxylation is 1. The van der Waals surface area contributed by atoms with Crippen molar-refractivity contribution < 1.29 is 4.74 Å². The maximum atomic E-state index is 5.45. The van der Waals surface area contributed by atoms with Gasteiger partial charge < -0.3 is 15.4 Å². The summed E-state index contributed by atoms with van der Waals surface area (Å²) < 4.78 is 5.45. The molecule has 0 heterocycles. The van der Waals surface area contributed by atoms with Crippen LogP contribution in [-0.2, 0) is 6.42 Å². The average Bonchev–Trinajstić information content (AvgIpc) is 2.68. The van der Waals surface area contributed by atoms with Gasteiger partial charge >= 0.3 is 0 Å². The Morgan fingerprint density at radius 1 is 1.04 bits per heavy atom. The highest BCUT2D eigenvalue weighted by Gasteiger charge is 2.11. The topological polar surface area (TPSA) is 45.7 Å². The molecule has 26 heavy (non-hydrogen) atoms. The van der Waals surface area contributed by atoms with Crippen molar-refractivity contribution in [2.24, 2.45) is 4.99 Å². The van der Waals surface area contributed by atoms with Gasteiger partial charge in [-0.1, -0.05) is 55.5 Å². The molecule has 0 aromatic heterocycles. The van der Waals surface area contributed by atoms with Crippen LogP contribution >= 0.6 is 24.0 Å². The number of guanidine groups is 1. The second-order valence-corrected chi connectivity index (χ2v) is 6.11. The minimum absolute atomic E-state index is 0. The lowest BCUT2D eigenvalue weighted by Gasteiger charge is -2.18. The van der Waals surface area contributed by atoms with Gasteiger partial charge in [-0.2, -0.15) is 0 Å². The summed E-state index contributed by atoms with van der Waals surface area (Å²) in [6, 6.07) is 18.7. The third-order valence-corrected chi connectivity index (χ3v) is 4.25. The van der Waals surface area contributed by atoms with E-state index in [0.29, 0.717) is 5.92 Å². The molecule has 2 aromatic carbocycles. The molecule has 2 aromatic rings. The van der Waals surface area contributed by atoms with Gasteiger partial charge in [0.15, 0.2) is 5.96 Å². The van der Waals surface area contributed by atoms with Gasteiger partial charge in [0.1, 0.15) is 5.75 Å². The molecule has 0 amide bonds. The van der Waals surface area contributed by atoms with E-state index in [1.54, 1.807) is 14.2 Å². The van der Waals surface area contributed by atoms with Gasteiger partial charge in [0, 0.05) is 26.1 Å². The predicted molar refractivity (Wildman–Crippen MR) is 121 cm³/mol. The largest absolute Gasteiger partial charge is 0.496 e. The summed E-state index contributed by atoms with van der Waals surface area (Å²) in [5.41, 5.74) is 2.58. The van der Waals surface area contributed by atoms with Crippen molar-refractivity contribution in [2.45, 2.75) is 25.7 Å². The highest BCUT2D eigenvalue weighted by molar-refractivity contribution is 14.0. The summed E-state index contributed by atoms with van der Waals surface area (Å²) in [6.07, 6.45) is 2.15. The van der Waals surface area contributed by atoms with Gasteiger partial charge in [-0.15, -0.1) is 24.0 Å². The van der Waals surface area contributed by atoms with E-state index in [9.17, 15) is 0 Å². The van der Waals surface area contributed by atoms with Crippen LogP contribution in [-0.4, -0.2) is 33.2 Å². The Labute approximate surface area is 174 Å². The van der Waals surface area contributed by atoms with Crippen molar-refractivity contribution in [2.75, 3.05) is 27.2 Å². The van der Waals surface area contributed by atoms with Crippen molar-refractivity contribution in [1.29, 1.82) is 0 Å². The number of ether oxygens (including phenoxy) is 1. The molecule has 0 radical (unpaired) electrons. The van der Waals surface area contributed by atoms with E-state index in [-0.39, 0.29) is 24.0 Å². The van der Waals surface area contributed by atoms with Crippen LogP contribution < -0.4 is 15.4 Å². The first-order valence-corrected chi connectivity index (χ1v) is 8.86. The van der Waals surface area contributed by atoms with Crippen LogP contribution in [0.1, 0.15) is 30.4 Å². The molecule has 0 saturated carbocycles. The summed E-state index contributed by atoms with van der Waals surface area (Å²) in [7, 11) is 3.52. The number of methoxy groups -OCH3 is 1. The maximum absolute atomic E-state index is 5.45. The number of benzene rings is 2. The molecule has 1 unspecified atom stereocenters. The van der Waals surface area contributed by atoms with Crippen LogP contribution in [0, 0.1) is 0 Å². The van der Waals surface area contributed by atoms with E-state index in [1.807, 2.05) is 18.2 Å². The van der Waals surface area contributed by atoms with E-state index in [0.717, 1.165) is 37.6 Å². The monoisotopic (exact) mass is 467 g/mol. The first-order valence-electron chi connectivity index (χ1n) is 8.86. The summed E-state index contributed by atoms with van der Waals surface area (Å²) in [6.45, 7) is 3.89. The Morgan fingerprint density at radius 2 is 1.73 bits per heavy atom. The van der Waals surface area contributed by atoms with Gasteiger partial charge in [-0.05, 0) is 30.0 Å². The number of rotatable bonds is 8. The summed E-state index contributed by atoms with van der Waals surface area (Å²) in [5.74, 6) is 2.11. The van der Waals surface area contributed by atoms with Gasteiger partial charge in [0.25, 0.3) is 0 Å². The smallest absolute Gasteiger partial charge is 0.190 e. The molecule has 0 bridgehead atoms. The first kappa shape index (κ1) is 22.3. The summed E-state index contributed by atoms with van der Waals surface area (Å²) in [5, 5.41) is 6.78. The molecular weight excluding hydrogens is 437 g/mol. The van der Waals surface area contributed by atoms with Gasteiger partial charge in [0.05, 0.1) is 7.11 Å². The number of nitrogens with zero attached hydrogens (tertiary/aromatic N) is 1. The number of hydrogen-bond donors (Lipinski definition) is 2. The number of hydrogen-bond acceptors (Lipinski definition) is 2. The van der Waals surface area contributed by atoms with E-state index in [4.69, 9.17) is 4.74 Å². The Morgan fingerprint density at radius 3 is 2.42 bits per heavy atom. The fourth-order valence-electron chi connectivity index (χ4n) is 2.80. The lowest BCUT2D eigenvalue weighted by molar-refractivity contribution is 0.406. The maximum Gasteiger partial charge on any atom is 0.190 e. The molecule has 2 N–H and O–H groups in total. The second kappa shape index (κ2) is 12.6. The Hall–Kier alpha value is -1.76. The average molecular weight is 467 g/mol. The molecule has 0 fully saturated rings. The Kier molecular flexibility index (Phi) is 10.8. The molecule has 0 saturated heterocycles. The van der Waals surface area contributed by atoms with Crippen LogP contribution in [0.5, 0.6) is 5.75 Å². The van der Waals surface area contributed by atoms with Gasteiger partial charge in [-0.3, -0.25) is 4.99 Å². The number of halogens is 1. The third-order valence-electron chi connectivity index (χ3n) is 4.25. The minimum Gasteiger partial charge on any atom is -0.496 e. The quantitative estimate of drug-likeness (QED) is 0.265. The van der Waals surface area contributed by atoms with Crippen LogP contribution in [0.15, 0.2) is 59.6 Å². The fraction of sp³-hybridized carbons (Fsp3) is 0.381. The van der Waals surface area contributed by atoms with Crippen LogP contribution in [0.3, 0.4) is 0 Å². The third kappa shape index (κ3) is 7.23. The van der Waals surface area contributed by atoms with Gasteiger partial charge in [0.2, 0.25) is 0 Å².